The van der Waals surface area contributed by atoms with Crippen molar-refractivity contribution in [3.8, 4) is 11.4 Å². The number of fused-ring (bicyclic) bond motifs is 1. The fourth-order valence-corrected chi connectivity index (χ4v) is 4.53. The van der Waals surface area contributed by atoms with Crippen LogP contribution in [0, 0.1) is 12.8 Å². The fraction of sp³-hybridized carbons (Fsp3) is 0.300. The van der Waals surface area contributed by atoms with Crippen molar-refractivity contribution in [2.45, 2.75) is 40.2 Å². The minimum absolute atomic E-state index is 0.144. The Balaban J connectivity index is 1.95. The third-order valence-electron chi connectivity index (χ3n) is 6.52. The molecule has 1 heterocycles. The maximum absolute atomic E-state index is 13.9. The first-order valence-corrected chi connectivity index (χ1v) is 12.8. The molecule has 4 aromatic rings. The Morgan fingerprint density at radius 1 is 1.05 bits per heavy atom. The van der Waals surface area contributed by atoms with Crippen LogP contribution in [0.4, 0.5) is 0 Å². The van der Waals surface area contributed by atoms with Crippen molar-refractivity contribution in [3.63, 3.8) is 0 Å². The summed E-state index contributed by atoms with van der Waals surface area (Å²) in [6, 6.07) is 19.3. The molecule has 0 N–H and O–H groups in total. The van der Waals surface area contributed by atoms with E-state index in [-0.39, 0.29) is 11.5 Å². The Hall–Kier alpha value is -3.64. The summed E-state index contributed by atoms with van der Waals surface area (Å²) in [5.41, 5.74) is 2.47. The van der Waals surface area contributed by atoms with Crippen LogP contribution in [-0.4, -0.2) is 34.0 Å². The van der Waals surface area contributed by atoms with Gasteiger partial charge in [0.2, 0.25) is 0 Å². The summed E-state index contributed by atoms with van der Waals surface area (Å²) in [5.74, 6) is 1.26. The highest BCUT2D eigenvalue weighted by atomic mass is 35.5. The number of nitrogens with zero attached hydrogens (tertiary/aromatic N) is 3. The van der Waals surface area contributed by atoms with E-state index in [9.17, 15) is 9.59 Å². The van der Waals surface area contributed by atoms with E-state index in [0.29, 0.717) is 51.2 Å². The fourth-order valence-electron chi connectivity index (χ4n) is 4.40. The number of methoxy groups -OCH3 is 1. The number of aryl methyl sites for hydroxylation is 1. The maximum Gasteiger partial charge on any atom is 0.266 e. The molecule has 3 aromatic carbocycles. The number of benzene rings is 3. The smallest absolute Gasteiger partial charge is 0.266 e. The summed E-state index contributed by atoms with van der Waals surface area (Å²) in [7, 11) is 1.58. The zero-order chi connectivity index (χ0) is 26.7. The first kappa shape index (κ1) is 26.4. The molecule has 6 nitrogen and oxygen atoms in total. The normalized spacial score (nSPS) is 12.1. The zero-order valence-corrected chi connectivity index (χ0v) is 22.6. The van der Waals surface area contributed by atoms with E-state index < -0.39 is 6.04 Å². The molecule has 37 heavy (non-hydrogen) atoms. The van der Waals surface area contributed by atoms with Crippen LogP contribution in [0.5, 0.6) is 5.75 Å². The Kier molecular flexibility index (Phi) is 7.98. The molecule has 0 spiro atoms. The minimum Gasteiger partial charge on any atom is -0.495 e. The Morgan fingerprint density at radius 3 is 2.43 bits per heavy atom. The van der Waals surface area contributed by atoms with E-state index in [2.05, 4.69) is 13.8 Å². The molecule has 1 amide bonds. The van der Waals surface area contributed by atoms with Crippen LogP contribution in [0.25, 0.3) is 16.6 Å². The number of rotatable bonds is 8. The number of aromatic nitrogens is 2. The summed E-state index contributed by atoms with van der Waals surface area (Å²) in [5, 5.41) is 1.06. The molecule has 0 bridgehead atoms. The van der Waals surface area contributed by atoms with Gasteiger partial charge < -0.3 is 9.64 Å². The number of amides is 1. The van der Waals surface area contributed by atoms with Gasteiger partial charge in [0, 0.05) is 17.1 Å². The highest BCUT2D eigenvalue weighted by Crippen LogP contribution is 2.30. The molecule has 0 aliphatic rings. The second kappa shape index (κ2) is 11.2. The molecule has 1 aromatic heterocycles. The van der Waals surface area contributed by atoms with Crippen molar-refractivity contribution < 1.29 is 9.53 Å². The second-order valence-corrected chi connectivity index (χ2v) is 10.1. The summed E-state index contributed by atoms with van der Waals surface area (Å²) >= 11 is 6.08. The lowest BCUT2D eigenvalue weighted by molar-refractivity contribution is 0.0671. The summed E-state index contributed by atoms with van der Waals surface area (Å²) in [6.45, 7) is 8.64. The molecule has 0 aliphatic heterocycles. The van der Waals surface area contributed by atoms with Gasteiger partial charge in [-0.1, -0.05) is 43.6 Å². The van der Waals surface area contributed by atoms with Gasteiger partial charge in [-0.2, -0.15) is 0 Å². The van der Waals surface area contributed by atoms with Crippen molar-refractivity contribution in [2.75, 3.05) is 13.7 Å². The molecule has 0 radical (unpaired) electrons. The number of hydrogen-bond donors (Lipinski definition) is 0. The highest BCUT2D eigenvalue weighted by molar-refractivity contribution is 6.30. The predicted molar refractivity (Wildman–Crippen MR) is 149 cm³/mol. The van der Waals surface area contributed by atoms with Crippen LogP contribution >= 0.6 is 11.6 Å². The standard InChI is InChI=1S/C30H32ClN3O3/c1-19(2)16-17-33(29(35)22-11-13-23(31)14-12-22)21(4)28-32-25-9-7-6-8-24(25)30(36)34(28)26-18-20(3)10-15-27(26)37-5/h6-15,18-19,21H,16-17H2,1-5H3. The maximum atomic E-state index is 13.9. The average molecular weight is 518 g/mol. The lowest BCUT2D eigenvalue weighted by Crippen LogP contribution is -2.38. The van der Waals surface area contributed by atoms with Crippen LogP contribution in [-0.2, 0) is 0 Å². The van der Waals surface area contributed by atoms with Gasteiger partial charge in [-0.3, -0.25) is 14.2 Å². The Bertz CT molecular complexity index is 1480. The van der Waals surface area contributed by atoms with Gasteiger partial charge in [-0.15, -0.1) is 0 Å². The first-order valence-electron chi connectivity index (χ1n) is 12.4. The van der Waals surface area contributed by atoms with E-state index in [1.165, 1.54) is 0 Å². The largest absolute Gasteiger partial charge is 0.495 e. The molecule has 0 saturated carbocycles. The van der Waals surface area contributed by atoms with Crippen LogP contribution < -0.4 is 10.3 Å². The molecule has 1 atom stereocenters. The first-order chi connectivity index (χ1) is 17.7. The SMILES string of the molecule is COc1ccc(C)cc1-n1c(C(C)N(CCC(C)C)C(=O)c2ccc(Cl)cc2)nc2ccccc2c1=O. The van der Waals surface area contributed by atoms with Gasteiger partial charge in [0.25, 0.3) is 11.5 Å². The summed E-state index contributed by atoms with van der Waals surface area (Å²) < 4.78 is 7.24. The van der Waals surface area contributed by atoms with Gasteiger partial charge in [0.15, 0.2) is 0 Å². The topological polar surface area (TPSA) is 64.4 Å². The highest BCUT2D eigenvalue weighted by Gasteiger charge is 2.28. The molecule has 0 fully saturated rings. The van der Waals surface area contributed by atoms with Crippen LogP contribution in [0.1, 0.15) is 55.0 Å². The summed E-state index contributed by atoms with van der Waals surface area (Å²) in [4.78, 5) is 34.5. The van der Waals surface area contributed by atoms with Crippen molar-refractivity contribution in [2.24, 2.45) is 5.92 Å². The lowest BCUT2D eigenvalue weighted by Gasteiger charge is -2.31. The second-order valence-electron chi connectivity index (χ2n) is 9.67. The lowest BCUT2D eigenvalue weighted by atomic mass is 10.1. The number of ether oxygens (including phenoxy) is 1. The molecule has 0 aliphatic carbocycles. The average Bonchev–Trinajstić information content (AvgIpc) is 2.88. The number of para-hydroxylation sites is 1. The van der Waals surface area contributed by atoms with E-state index in [4.69, 9.17) is 21.3 Å². The molecular weight excluding hydrogens is 486 g/mol. The van der Waals surface area contributed by atoms with E-state index in [0.717, 1.165) is 12.0 Å². The van der Waals surface area contributed by atoms with Gasteiger partial charge in [0.05, 0.1) is 29.7 Å². The van der Waals surface area contributed by atoms with Gasteiger partial charge in [0.1, 0.15) is 11.6 Å². The van der Waals surface area contributed by atoms with Crippen molar-refractivity contribution in [3.05, 3.63) is 99.1 Å². The molecule has 1 unspecified atom stereocenters. The van der Waals surface area contributed by atoms with Crippen LogP contribution in [0.15, 0.2) is 71.5 Å². The third-order valence-corrected chi connectivity index (χ3v) is 6.77. The van der Waals surface area contributed by atoms with Gasteiger partial charge >= 0.3 is 0 Å². The van der Waals surface area contributed by atoms with E-state index >= 15 is 0 Å². The van der Waals surface area contributed by atoms with Crippen molar-refractivity contribution >= 4 is 28.4 Å². The Morgan fingerprint density at radius 2 is 1.76 bits per heavy atom. The monoisotopic (exact) mass is 517 g/mol. The Labute approximate surface area is 222 Å². The van der Waals surface area contributed by atoms with Crippen molar-refractivity contribution in [1.29, 1.82) is 0 Å². The van der Waals surface area contributed by atoms with Gasteiger partial charge in [-0.25, -0.2) is 4.98 Å². The van der Waals surface area contributed by atoms with Crippen LogP contribution in [0.3, 0.4) is 0 Å². The van der Waals surface area contributed by atoms with Crippen molar-refractivity contribution in [1.82, 2.24) is 14.5 Å². The van der Waals surface area contributed by atoms with Crippen LogP contribution in [0.2, 0.25) is 5.02 Å². The number of carbonyl (C=O) groups excluding carboxylic acids is 1. The molecular formula is C30H32ClN3O3. The van der Waals surface area contributed by atoms with E-state index in [1.54, 1.807) is 46.9 Å². The molecule has 7 heteroatoms. The van der Waals surface area contributed by atoms with Gasteiger partial charge in [-0.05, 0) is 80.3 Å². The molecule has 0 saturated heterocycles. The molecule has 4 rings (SSSR count). The predicted octanol–water partition coefficient (Wildman–Crippen LogP) is 6.61. The summed E-state index contributed by atoms with van der Waals surface area (Å²) in [6.07, 6.45) is 0.801. The zero-order valence-electron chi connectivity index (χ0n) is 21.9. The number of hydrogen-bond acceptors (Lipinski definition) is 4. The molecule has 192 valence electrons. The number of carbonyl (C=O) groups is 1. The number of halogens is 1. The minimum atomic E-state index is -0.510. The quantitative estimate of drug-likeness (QED) is 0.264. The third kappa shape index (κ3) is 5.54. The van der Waals surface area contributed by atoms with E-state index in [1.807, 2.05) is 50.2 Å².